The first-order valence-corrected chi connectivity index (χ1v) is 5.70. The lowest BCUT2D eigenvalue weighted by atomic mass is 9.97. The van der Waals surface area contributed by atoms with E-state index < -0.39 is 0 Å². The van der Waals surface area contributed by atoms with Crippen LogP contribution in [0.4, 0.5) is 0 Å². The molecule has 2 rings (SSSR count). The summed E-state index contributed by atoms with van der Waals surface area (Å²) < 4.78 is 0. The van der Waals surface area contributed by atoms with Gasteiger partial charge >= 0.3 is 0 Å². The van der Waals surface area contributed by atoms with Crippen LogP contribution in [0.15, 0.2) is 42.5 Å². The van der Waals surface area contributed by atoms with Crippen molar-refractivity contribution in [3.05, 3.63) is 48.0 Å². The molecule has 0 bridgehead atoms. The van der Waals surface area contributed by atoms with Crippen molar-refractivity contribution in [2.24, 2.45) is 5.84 Å². The van der Waals surface area contributed by atoms with E-state index in [2.05, 4.69) is 47.6 Å². The van der Waals surface area contributed by atoms with E-state index in [1.807, 2.05) is 19.1 Å². The molecule has 17 heavy (non-hydrogen) atoms. The maximum absolute atomic E-state index is 5.62. The summed E-state index contributed by atoms with van der Waals surface area (Å²) >= 11 is 0. The molecule has 0 amide bonds. The Morgan fingerprint density at radius 3 is 2.71 bits per heavy atom. The smallest absolute Gasteiger partial charge is 0.0575 e. The molecular formula is C15H16N2. The van der Waals surface area contributed by atoms with Crippen LogP contribution in [0.25, 0.3) is 10.8 Å². The predicted molar refractivity (Wildman–Crippen MR) is 72.1 cm³/mol. The lowest BCUT2D eigenvalue weighted by Crippen LogP contribution is -2.27. The molecule has 0 aliphatic heterocycles. The van der Waals surface area contributed by atoms with Crippen LogP contribution in [0, 0.1) is 11.8 Å². The predicted octanol–water partition coefficient (Wildman–Crippen LogP) is 2.76. The lowest BCUT2D eigenvalue weighted by molar-refractivity contribution is 0.571. The normalized spacial score (nSPS) is 11.9. The third-order valence-electron chi connectivity index (χ3n) is 2.88. The van der Waals surface area contributed by atoms with Gasteiger partial charge in [-0.1, -0.05) is 42.5 Å². The third-order valence-corrected chi connectivity index (χ3v) is 2.88. The number of rotatable bonds is 3. The second-order valence-corrected chi connectivity index (χ2v) is 3.92. The van der Waals surface area contributed by atoms with Gasteiger partial charge in [-0.2, -0.15) is 0 Å². The molecular weight excluding hydrogens is 208 g/mol. The molecule has 86 valence electrons. The van der Waals surface area contributed by atoms with Crippen molar-refractivity contribution < 1.29 is 0 Å². The number of hydrazine groups is 1. The van der Waals surface area contributed by atoms with Gasteiger partial charge in [-0.25, -0.2) is 0 Å². The zero-order chi connectivity index (χ0) is 12.1. The van der Waals surface area contributed by atoms with E-state index in [0.717, 1.165) is 6.42 Å². The number of hydrogen-bond donors (Lipinski definition) is 2. The molecule has 0 saturated heterocycles. The van der Waals surface area contributed by atoms with E-state index in [0.29, 0.717) is 0 Å². The fourth-order valence-corrected chi connectivity index (χ4v) is 2.02. The fourth-order valence-electron chi connectivity index (χ4n) is 2.02. The van der Waals surface area contributed by atoms with Gasteiger partial charge in [-0.05, 0) is 23.3 Å². The van der Waals surface area contributed by atoms with Crippen LogP contribution >= 0.6 is 0 Å². The first-order chi connectivity index (χ1) is 8.36. The highest BCUT2D eigenvalue weighted by Gasteiger charge is 2.10. The lowest BCUT2D eigenvalue weighted by Gasteiger charge is -2.15. The third kappa shape index (κ3) is 2.47. The van der Waals surface area contributed by atoms with Crippen molar-refractivity contribution >= 4 is 10.8 Å². The van der Waals surface area contributed by atoms with Gasteiger partial charge in [-0.3, -0.25) is 11.3 Å². The standard InChI is InChI=1S/C15H16N2/c1-2-3-11-15(17-16)14-10-6-8-12-7-4-5-9-13(12)14/h4-10,15,17H,11,16H2,1H3. The summed E-state index contributed by atoms with van der Waals surface area (Å²) in [5.41, 5.74) is 4.04. The summed E-state index contributed by atoms with van der Waals surface area (Å²) in [6.07, 6.45) is 0.723. The Balaban J connectivity index is 2.48. The van der Waals surface area contributed by atoms with Crippen molar-refractivity contribution in [2.45, 2.75) is 19.4 Å². The van der Waals surface area contributed by atoms with Crippen LogP contribution in [0.3, 0.4) is 0 Å². The second-order valence-electron chi connectivity index (χ2n) is 3.92. The van der Waals surface area contributed by atoms with E-state index in [1.54, 1.807) is 0 Å². The van der Waals surface area contributed by atoms with Gasteiger partial charge in [0.2, 0.25) is 0 Å². The van der Waals surface area contributed by atoms with E-state index >= 15 is 0 Å². The first-order valence-electron chi connectivity index (χ1n) is 5.70. The first kappa shape index (κ1) is 11.7. The van der Waals surface area contributed by atoms with Crippen molar-refractivity contribution in [3.63, 3.8) is 0 Å². The SMILES string of the molecule is CC#CCC(NN)c1cccc2ccccc12. The fraction of sp³-hybridized carbons (Fsp3) is 0.200. The Kier molecular flexibility index (Phi) is 3.77. The average molecular weight is 224 g/mol. The average Bonchev–Trinajstić information content (AvgIpc) is 2.40. The van der Waals surface area contributed by atoms with Gasteiger partial charge in [0.15, 0.2) is 0 Å². The summed E-state index contributed by atoms with van der Waals surface area (Å²) in [6.45, 7) is 1.84. The van der Waals surface area contributed by atoms with Gasteiger partial charge in [0.1, 0.15) is 0 Å². The van der Waals surface area contributed by atoms with E-state index in [1.165, 1.54) is 16.3 Å². The van der Waals surface area contributed by atoms with Crippen LogP contribution in [-0.4, -0.2) is 0 Å². The number of nitrogens with two attached hydrogens (primary N) is 1. The molecule has 0 spiro atoms. The van der Waals surface area contributed by atoms with Crippen LogP contribution in [-0.2, 0) is 0 Å². The maximum atomic E-state index is 5.62. The molecule has 0 aliphatic rings. The van der Waals surface area contributed by atoms with Gasteiger partial charge < -0.3 is 0 Å². The molecule has 0 saturated carbocycles. The molecule has 2 aromatic rings. The summed E-state index contributed by atoms with van der Waals surface area (Å²) in [4.78, 5) is 0. The maximum Gasteiger partial charge on any atom is 0.0575 e. The Morgan fingerprint density at radius 1 is 1.18 bits per heavy atom. The minimum atomic E-state index is 0.0774. The Morgan fingerprint density at radius 2 is 1.94 bits per heavy atom. The highest BCUT2D eigenvalue weighted by atomic mass is 15.2. The Labute approximate surface area is 102 Å². The molecule has 0 heterocycles. The molecule has 1 atom stereocenters. The van der Waals surface area contributed by atoms with Gasteiger partial charge in [0, 0.05) is 6.42 Å². The summed E-state index contributed by atoms with van der Waals surface area (Å²) in [6, 6.07) is 14.7. The van der Waals surface area contributed by atoms with Crippen molar-refractivity contribution in [2.75, 3.05) is 0 Å². The molecule has 1 unspecified atom stereocenters. The number of fused-ring (bicyclic) bond motifs is 1. The minimum absolute atomic E-state index is 0.0774. The van der Waals surface area contributed by atoms with Crippen LogP contribution in [0.5, 0.6) is 0 Å². The van der Waals surface area contributed by atoms with E-state index in [-0.39, 0.29) is 6.04 Å². The monoisotopic (exact) mass is 224 g/mol. The summed E-state index contributed by atoms with van der Waals surface area (Å²) in [5, 5.41) is 2.46. The largest absolute Gasteiger partial charge is 0.271 e. The van der Waals surface area contributed by atoms with Crippen molar-refractivity contribution in [3.8, 4) is 11.8 Å². The molecule has 0 radical (unpaired) electrons. The zero-order valence-electron chi connectivity index (χ0n) is 9.90. The van der Waals surface area contributed by atoms with Crippen molar-refractivity contribution in [1.82, 2.24) is 5.43 Å². The number of nitrogens with one attached hydrogen (secondary N) is 1. The molecule has 0 fully saturated rings. The second kappa shape index (κ2) is 5.49. The zero-order valence-corrected chi connectivity index (χ0v) is 9.90. The highest BCUT2D eigenvalue weighted by Crippen LogP contribution is 2.25. The van der Waals surface area contributed by atoms with Crippen molar-refractivity contribution in [1.29, 1.82) is 0 Å². The summed E-state index contributed by atoms with van der Waals surface area (Å²) in [7, 11) is 0. The van der Waals surface area contributed by atoms with Gasteiger partial charge in [0.25, 0.3) is 0 Å². The van der Waals surface area contributed by atoms with E-state index in [4.69, 9.17) is 5.84 Å². The Hall–Kier alpha value is -1.82. The molecule has 2 nitrogen and oxygen atoms in total. The van der Waals surface area contributed by atoms with Crippen LogP contribution in [0.2, 0.25) is 0 Å². The molecule has 0 aliphatic carbocycles. The number of benzene rings is 2. The molecule has 3 N–H and O–H groups in total. The topological polar surface area (TPSA) is 38.0 Å². The molecule has 0 aromatic heterocycles. The highest BCUT2D eigenvalue weighted by molar-refractivity contribution is 5.86. The quantitative estimate of drug-likeness (QED) is 0.478. The number of hydrogen-bond acceptors (Lipinski definition) is 2. The Bertz CT molecular complexity index is 558. The van der Waals surface area contributed by atoms with Gasteiger partial charge in [0.05, 0.1) is 6.04 Å². The summed E-state index contributed by atoms with van der Waals surface area (Å²) in [5.74, 6) is 11.6. The van der Waals surface area contributed by atoms with Gasteiger partial charge in [-0.15, -0.1) is 11.8 Å². The van der Waals surface area contributed by atoms with Crippen LogP contribution < -0.4 is 11.3 Å². The van der Waals surface area contributed by atoms with E-state index in [9.17, 15) is 0 Å². The van der Waals surface area contributed by atoms with Crippen LogP contribution in [0.1, 0.15) is 24.9 Å². The molecule has 2 aromatic carbocycles. The molecule has 2 heteroatoms. The minimum Gasteiger partial charge on any atom is -0.271 e.